The van der Waals surface area contributed by atoms with Crippen molar-refractivity contribution in [3.63, 3.8) is 0 Å². The normalized spacial score (nSPS) is 27.8. The molecule has 0 saturated heterocycles. The number of nitrogens with zero attached hydrogens (tertiary/aromatic N) is 1. The summed E-state index contributed by atoms with van der Waals surface area (Å²) in [6.07, 6.45) is 18.9. The minimum Gasteiger partial charge on any atom is -0.478 e. The third-order valence-electron chi connectivity index (χ3n) is 13.1. The maximum absolute atomic E-state index is 12.7. The number of aliphatic imine (C=N–C) groups is 1. The Bertz CT molecular complexity index is 1940. The number of benzene rings is 2. The molecule has 8 N–H and O–H groups in total. The van der Waals surface area contributed by atoms with Crippen LogP contribution in [-0.2, 0) is 20.8 Å². The molecule has 4 aliphatic rings. The number of anilines is 1. The Hall–Kier alpha value is -4.74. The van der Waals surface area contributed by atoms with E-state index in [9.17, 15) is 29.7 Å². The van der Waals surface area contributed by atoms with Gasteiger partial charge >= 0.3 is 5.97 Å². The number of rotatable bonds is 19. The zero-order valence-electron chi connectivity index (χ0n) is 32.1. The van der Waals surface area contributed by atoms with E-state index in [0.717, 1.165) is 80.7 Å². The Labute approximate surface area is 328 Å². The van der Waals surface area contributed by atoms with Crippen LogP contribution in [0, 0.1) is 29.6 Å². The van der Waals surface area contributed by atoms with Crippen molar-refractivity contribution in [2.45, 2.75) is 101 Å². The Morgan fingerprint density at radius 3 is 2.59 bits per heavy atom. The molecule has 1 aliphatic heterocycles. The Balaban J connectivity index is 1.28. The second kappa shape index (κ2) is 18.0. The molecule has 0 spiro atoms. The van der Waals surface area contributed by atoms with Gasteiger partial charge in [0.05, 0.1) is 24.7 Å². The van der Waals surface area contributed by atoms with Crippen LogP contribution in [0.5, 0.6) is 0 Å². The highest BCUT2D eigenvalue weighted by Gasteiger charge is 2.54. The average Bonchev–Trinajstić information content (AvgIpc) is 3.72. The smallest absolute Gasteiger partial charge is 0.328 e. The number of unbranched alkanes of at least 4 members (excludes halogenated alkanes) is 2. The molecule has 7 rings (SSSR count). The number of aldehydes is 2. The van der Waals surface area contributed by atoms with Crippen LogP contribution >= 0.6 is 0 Å². The third-order valence-corrected chi connectivity index (χ3v) is 13.1. The second-order valence-corrected chi connectivity index (χ2v) is 16.5. The molecular formula is C45H57N5O6. The fourth-order valence-corrected chi connectivity index (χ4v) is 10.7. The number of aromatic nitrogens is 1. The SMILES string of the molecule is NC1=N[C@H](/C(=C\C(=O)O)[C@H](Nc2ccc[nH]2)[C@H]2CC[C@@H]3c4cc5ccc(CC=O)cc5cc4[C@@H]4[C@H]2[C@H]3C=C[C@H]4CCCCC[C@H](C=O)CCCO)C[C@H](CO)N1. The predicted octanol–water partition coefficient (Wildman–Crippen LogP) is 5.99. The van der Waals surface area contributed by atoms with Crippen LogP contribution in [0.3, 0.4) is 0 Å². The highest BCUT2D eigenvalue weighted by molar-refractivity contribution is 5.86. The number of aliphatic carboxylic acids is 1. The molecule has 2 aromatic carbocycles. The molecule has 3 aliphatic carbocycles. The van der Waals surface area contributed by atoms with E-state index in [1.807, 2.05) is 18.3 Å². The number of carboxylic acid groups (broad SMARTS) is 1. The standard InChI is InChI=1S/C45H57N5O6/c46-45-48-32(26-54)23-39(49-45)38(24-41(55)56)44(50-40-9-4-17-47-40)35-15-14-33-34-13-12-29(8-3-1-2-6-28(25-53)7-5-18-51)42(43(34)35)37-22-31-20-27(16-19-52)10-11-30(31)21-36(33)37/h4,9-13,17,19-22,24-25,28-29,32-35,39,42-44,47,50-51,54H,1-3,5-8,14-16,18,23,26H2,(H,55,56)(H3,46,48,49)/b38-24+/t28-,29+,32+,33-,34-,35-,39-,42+,43-,44+/m0/s1. The number of aliphatic hydroxyl groups excluding tert-OH is 2. The summed E-state index contributed by atoms with van der Waals surface area (Å²) in [5, 5.41) is 38.9. The lowest BCUT2D eigenvalue weighted by atomic mass is 9.48. The Kier molecular flexibility index (Phi) is 12.7. The van der Waals surface area contributed by atoms with Gasteiger partial charge in [-0.15, -0.1) is 0 Å². The van der Waals surface area contributed by atoms with Crippen LogP contribution < -0.4 is 16.4 Å². The summed E-state index contributed by atoms with van der Waals surface area (Å²) in [5.41, 5.74) is 10.7. The summed E-state index contributed by atoms with van der Waals surface area (Å²) in [6, 6.07) is 13.8. The van der Waals surface area contributed by atoms with E-state index >= 15 is 0 Å². The lowest BCUT2D eigenvalue weighted by Crippen LogP contribution is -2.53. The molecule has 56 heavy (non-hydrogen) atoms. The second-order valence-electron chi connectivity index (χ2n) is 16.5. The summed E-state index contributed by atoms with van der Waals surface area (Å²) >= 11 is 0. The van der Waals surface area contributed by atoms with E-state index in [0.29, 0.717) is 30.8 Å². The molecule has 1 saturated carbocycles. The molecule has 3 aromatic rings. The van der Waals surface area contributed by atoms with Gasteiger partial charge in [0.15, 0.2) is 5.96 Å². The first-order valence-electron chi connectivity index (χ1n) is 20.6. The van der Waals surface area contributed by atoms with Crippen molar-refractivity contribution in [3.05, 3.63) is 89.2 Å². The Morgan fingerprint density at radius 2 is 1.84 bits per heavy atom. The monoisotopic (exact) mass is 763 g/mol. The van der Waals surface area contributed by atoms with Gasteiger partial charge in [-0.1, -0.05) is 61.7 Å². The number of carbonyl (C=O) groups excluding carboxylic acids is 2. The fourth-order valence-electron chi connectivity index (χ4n) is 10.7. The molecule has 2 heterocycles. The number of H-pyrrole nitrogens is 1. The number of hydrogen-bond acceptors (Lipinski definition) is 9. The van der Waals surface area contributed by atoms with Crippen LogP contribution in [0.15, 0.2) is 77.5 Å². The van der Waals surface area contributed by atoms with Gasteiger partial charge in [-0.3, -0.25) is 0 Å². The highest BCUT2D eigenvalue weighted by atomic mass is 16.4. The minimum absolute atomic E-state index is 0.00975. The van der Waals surface area contributed by atoms with Gasteiger partial charge in [-0.05, 0) is 126 Å². The van der Waals surface area contributed by atoms with Crippen LogP contribution in [0.1, 0.15) is 92.7 Å². The lowest BCUT2D eigenvalue weighted by Gasteiger charge is -2.57. The molecule has 1 aromatic heterocycles. The van der Waals surface area contributed by atoms with E-state index in [2.05, 4.69) is 58.1 Å². The molecular weight excluding hydrogens is 707 g/mol. The summed E-state index contributed by atoms with van der Waals surface area (Å²) in [5.74, 6) is 1.21. The van der Waals surface area contributed by atoms with Crippen molar-refractivity contribution in [1.29, 1.82) is 0 Å². The van der Waals surface area contributed by atoms with Gasteiger partial charge in [0.1, 0.15) is 18.4 Å². The molecule has 0 radical (unpaired) electrons. The van der Waals surface area contributed by atoms with Crippen molar-refractivity contribution in [2.75, 3.05) is 18.5 Å². The minimum atomic E-state index is -1.04. The van der Waals surface area contributed by atoms with Crippen molar-refractivity contribution in [3.8, 4) is 0 Å². The van der Waals surface area contributed by atoms with E-state index in [1.165, 1.54) is 22.6 Å². The number of carbonyl (C=O) groups is 3. The van der Waals surface area contributed by atoms with Gasteiger partial charge in [-0.25, -0.2) is 9.79 Å². The van der Waals surface area contributed by atoms with Crippen molar-refractivity contribution in [2.24, 2.45) is 40.3 Å². The van der Waals surface area contributed by atoms with Crippen molar-refractivity contribution >= 4 is 41.1 Å². The molecule has 1 fully saturated rings. The van der Waals surface area contributed by atoms with Crippen LogP contribution in [0.4, 0.5) is 5.82 Å². The lowest BCUT2D eigenvalue weighted by molar-refractivity contribution is -0.131. The number of nitrogens with two attached hydrogens (primary N) is 1. The van der Waals surface area contributed by atoms with Gasteiger partial charge in [0.25, 0.3) is 0 Å². The number of fused-ring (bicyclic) bond motifs is 4. The van der Waals surface area contributed by atoms with E-state index in [-0.39, 0.29) is 66.8 Å². The highest BCUT2D eigenvalue weighted by Crippen LogP contribution is 2.62. The predicted molar refractivity (Wildman–Crippen MR) is 218 cm³/mol. The molecule has 4 bridgehead atoms. The van der Waals surface area contributed by atoms with E-state index in [1.54, 1.807) is 0 Å². The fraction of sp³-hybridized carbons (Fsp3) is 0.511. The summed E-state index contributed by atoms with van der Waals surface area (Å²) in [4.78, 5) is 43.9. The number of allylic oxidation sites excluding steroid dienone is 2. The first-order valence-corrected chi connectivity index (χ1v) is 20.6. The molecule has 298 valence electrons. The molecule has 0 unspecified atom stereocenters. The molecule has 0 amide bonds. The third kappa shape index (κ3) is 8.49. The summed E-state index contributed by atoms with van der Waals surface area (Å²) in [7, 11) is 0. The number of aromatic amines is 1. The van der Waals surface area contributed by atoms with E-state index in [4.69, 9.17) is 10.7 Å². The van der Waals surface area contributed by atoms with Gasteiger partial charge in [-0.2, -0.15) is 0 Å². The zero-order valence-corrected chi connectivity index (χ0v) is 32.1. The topological polar surface area (TPSA) is 190 Å². The summed E-state index contributed by atoms with van der Waals surface area (Å²) in [6.45, 7) is -0.0416. The number of aliphatic hydroxyl groups is 2. The largest absolute Gasteiger partial charge is 0.478 e. The molecule has 10 atom stereocenters. The van der Waals surface area contributed by atoms with E-state index < -0.39 is 12.0 Å². The van der Waals surface area contributed by atoms with Crippen molar-refractivity contribution < 1.29 is 29.7 Å². The van der Waals surface area contributed by atoms with Gasteiger partial charge in [0, 0.05) is 31.2 Å². The number of guanidine groups is 1. The Morgan fingerprint density at radius 1 is 1.00 bits per heavy atom. The van der Waals surface area contributed by atoms with Gasteiger partial charge in [0.2, 0.25) is 0 Å². The first-order chi connectivity index (χ1) is 27.3. The number of hydrogen-bond donors (Lipinski definition) is 7. The van der Waals surface area contributed by atoms with Crippen LogP contribution in [0.25, 0.3) is 10.8 Å². The molecule has 11 nitrogen and oxygen atoms in total. The average molecular weight is 764 g/mol. The van der Waals surface area contributed by atoms with Crippen LogP contribution in [-0.4, -0.2) is 76.1 Å². The zero-order chi connectivity index (χ0) is 39.2. The maximum Gasteiger partial charge on any atom is 0.328 e. The maximum atomic E-state index is 12.7. The first kappa shape index (κ1) is 39.5. The summed E-state index contributed by atoms with van der Waals surface area (Å²) < 4.78 is 0. The quantitative estimate of drug-likeness (QED) is 0.0333. The molecule has 11 heteroatoms. The number of carboxylic acids is 1. The number of nitrogens with one attached hydrogen (secondary N) is 3. The van der Waals surface area contributed by atoms with Crippen molar-refractivity contribution in [1.82, 2.24) is 10.3 Å². The van der Waals surface area contributed by atoms with Gasteiger partial charge < -0.3 is 46.3 Å². The van der Waals surface area contributed by atoms with Crippen LogP contribution in [0.2, 0.25) is 0 Å².